The Kier molecular flexibility index (Phi) is 10.0. The summed E-state index contributed by atoms with van der Waals surface area (Å²) in [5.74, 6) is 1.78. The lowest BCUT2D eigenvalue weighted by Gasteiger charge is -2.22. The quantitative estimate of drug-likeness (QED) is 0.379. The lowest BCUT2D eigenvalue weighted by atomic mass is 10.2. The van der Waals surface area contributed by atoms with Crippen LogP contribution in [0.25, 0.3) is 0 Å². The number of aliphatic imine (C=N–C) groups is 1. The number of hydrogen-bond acceptors (Lipinski definition) is 3. The minimum absolute atomic E-state index is 0. The van der Waals surface area contributed by atoms with Gasteiger partial charge in [0, 0.05) is 26.3 Å². The van der Waals surface area contributed by atoms with Gasteiger partial charge in [-0.05, 0) is 50.1 Å². The summed E-state index contributed by atoms with van der Waals surface area (Å²) in [5, 5.41) is 3.35. The van der Waals surface area contributed by atoms with E-state index in [-0.39, 0.29) is 24.0 Å². The van der Waals surface area contributed by atoms with Gasteiger partial charge < -0.3 is 15.0 Å². The van der Waals surface area contributed by atoms with Gasteiger partial charge in [-0.2, -0.15) is 0 Å². The number of pyridine rings is 1. The van der Waals surface area contributed by atoms with Crippen molar-refractivity contribution in [3.8, 4) is 5.75 Å². The summed E-state index contributed by atoms with van der Waals surface area (Å²) < 4.78 is 5.49. The van der Waals surface area contributed by atoms with E-state index < -0.39 is 0 Å². The first-order valence-electron chi connectivity index (χ1n) is 8.75. The van der Waals surface area contributed by atoms with Crippen LogP contribution in [0.2, 0.25) is 0 Å². The van der Waals surface area contributed by atoms with Gasteiger partial charge >= 0.3 is 0 Å². The molecule has 0 fully saturated rings. The van der Waals surface area contributed by atoms with Gasteiger partial charge in [0.25, 0.3) is 0 Å². The number of nitrogens with zero attached hydrogens (tertiary/aromatic N) is 3. The molecule has 0 saturated carbocycles. The van der Waals surface area contributed by atoms with Crippen LogP contribution in [-0.4, -0.2) is 36.0 Å². The second kappa shape index (κ2) is 11.7. The Morgan fingerprint density at radius 3 is 2.54 bits per heavy atom. The summed E-state index contributed by atoms with van der Waals surface area (Å²) in [6, 6.07) is 12.2. The van der Waals surface area contributed by atoms with Crippen molar-refractivity contribution in [1.29, 1.82) is 0 Å². The van der Waals surface area contributed by atoms with Crippen LogP contribution < -0.4 is 10.1 Å². The van der Waals surface area contributed by atoms with Gasteiger partial charge in [0.2, 0.25) is 0 Å². The van der Waals surface area contributed by atoms with Crippen molar-refractivity contribution in [2.24, 2.45) is 4.99 Å². The molecule has 26 heavy (non-hydrogen) atoms. The van der Waals surface area contributed by atoms with Crippen molar-refractivity contribution in [3.63, 3.8) is 0 Å². The smallest absolute Gasteiger partial charge is 0.194 e. The maximum Gasteiger partial charge on any atom is 0.194 e. The van der Waals surface area contributed by atoms with Crippen LogP contribution in [0.15, 0.2) is 47.6 Å². The normalized spacial score (nSPS) is 10.8. The predicted molar refractivity (Wildman–Crippen MR) is 118 cm³/mol. The number of nitrogens with one attached hydrogen (secondary N) is 1. The molecule has 0 amide bonds. The highest BCUT2D eigenvalue weighted by molar-refractivity contribution is 14.0. The van der Waals surface area contributed by atoms with E-state index in [4.69, 9.17) is 9.73 Å². The second-order valence-corrected chi connectivity index (χ2v) is 5.87. The fraction of sp³-hybridized carbons (Fsp3) is 0.400. The SMILES string of the molecule is CCNC(=NCc1ncccc1C)N(C)Cc1ccc(OCC)cc1.I. The van der Waals surface area contributed by atoms with Crippen LogP contribution in [0.1, 0.15) is 30.7 Å². The molecule has 0 radical (unpaired) electrons. The van der Waals surface area contributed by atoms with Crippen LogP contribution in [0.5, 0.6) is 5.75 Å². The van der Waals surface area contributed by atoms with E-state index in [2.05, 4.69) is 47.2 Å². The lowest BCUT2D eigenvalue weighted by Crippen LogP contribution is -2.38. The molecular formula is C20H29IN4O. The molecule has 0 unspecified atom stereocenters. The third-order valence-electron chi connectivity index (χ3n) is 3.85. The van der Waals surface area contributed by atoms with Gasteiger partial charge in [0.15, 0.2) is 5.96 Å². The number of rotatable bonds is 7. The van der Waals surface area contributed by atoms with Gasteiger partial charge in [-0.3, -0.25) is 4.98 Å². The van der Waals surface area contributed by atoms with E-state index in [1.807, 2.05) is 38.4 Å². The fourth-order valence-corrected chi connectivity index (χ4v) is 2.51. The number of aromatic nitrogens is 1. The van der Waals surface area contributed by atoms with Crippen molar-refractivity contribution >= 4 is 29.9 Å². The number of halogens is 1. The molecule has 2 rings (SSSR count). The summed E-state index contributed by atoms with van der Waals surface area (Å²) in [4.78, 5) is 11.3. The molecule has 2 aromatic rings. The Balaban J connectivity index is 0.00000338. The highest BCUT2D eigenvalue weighted by Gasteiger charge is 2.07. The Hall–Kier alpha value is -1.83. The lowest BCUT2D eigenvalue weighted by molar-refractivity contribution is 0.340. The number of guanidine groups is 1. The summed E-state index contributed by atoms with van der Waals surface area (Å²) in [5.41, 5.74) is 3.38. The van der Waals surface area contributed by atoms with Gasteiger partial charge in [-0.1, -0.05) is 18.2 Å². The van der Waals surface area contributed by atoms with E-state index in [0.717, 1.165) is 36.1 Å². The third-order valence-corrected chi connectivity index (χ3v) is 3.85. The Morgan fingerprint density at radius 1 is 1.19 bits per heavy atom. The van der Waals surface area contributed by atoms with Crippen LogP contribution in [0, 0.1) is 6.92 Å². The molecule has 1 heterocycles. The average Bonchev–Trinajstić information content (AvgIpc) is 2.61. The third kappa shape index (κ3) is 6.82. The zero-order valence-electron chi connectivity index (χ0n) is 16.0. The highest BCUT2D eigenvalue weighted by Crippen LogP contribution is 2.13. The van der Waals surface area contributed by atoms with Crippen molar-refractivity contribution in [3.05, 3.63) is 59.4 Å². The van der Waals surface area contributed by atoms with Crippen LogP contribution in [0.3, 0.4) is 0 Å². The Bertz CT molecular complexity index is 688. The van der Waals surface area contributed by atoms with Crippen molar-refractivity contribution in [1.82, 2.24) is 15.2 Å². The monoisotopic (exact) mass is 468 g/mol. The first-order chi connectivity index (χ1) is 12.1. The zero-order valence-corrected chi connectivity index (χ0v) is 18.4. The number of benzene rings is 1. The fourth-order valence-electron chi connectivity index (χ4n) is 2.51. The summed E-state index contributed by atoms with van der Waals surface area (Å²) >= 11 is 0. The summed E-state index contributed by atoms with van der Waals surface area (Å²) in [6.07, 6.45) is 1.81. The minimum atomic E-state index is 0. The minimum Gasteiger partial charge on any atom is -0.494 e. The first-order valence-corrected chi connectivity index (χ1v) is 8.75. The molecule has 0 aliphatic heterocycles. The van der Waals surface area contributed by atoms with E-state index in [1.54, 1.807) is 0 Å². The standard InChI is InChI=1S/C20H28N4O.HI/c1-5-21-20(23-14-19-16(3)8-7-13-22-19)24(4)15-17-9-11-18(12-10-17)25-6-2;/h7-13H,5-6,14-15H2,1-4H3,(H,21,23);1H. The Morgan fingerprint density at radius 2 is 1.92 bits per heavy atom. The topological polar surface area (TPSA) is 49.8 Å². The molecule has 1 aromatic carbocycles. The van der Waals surface area contributed by atoms with E-state index >= 15 is 0 Å². The molecule has 0 aliphatic carbocycles. The maximum atomic E-state index is 5.49. The van der Waals surface area contributed by atoms with E-state index in [1.165, 1.54) is 5.56 Å². The van der Waals surface area contributed by atoms with Crippen LogP contribution in [-0.2, 0) is 13.1 Å². The average molecular weight is 468 g/mol. The number of ether oxygens (including phenoxy) is 1. The first kappa shape index (κ1) is 22.2. The largest absolute Gasteiger partial charge is 0.494 e. The van der Waals surface area contributed by atoms with Crippen LogP contribution >= 0.6 is 24.0 Å². The summed E-state index contributed by atoms with van der Waals surface area (Å²) in [6.45, 7) is 8.99. The molecule has 0 bridgehead atoms. The van der Waals surface area contributed by atoms with Crippen LogP contribution in [0.4, 0.5) is 0 Å². The zero-order chi connectivity index (χ0) is 18.1. The maximum absolute atomic E-state index is 5.49. The molecule has 1 aromatic heterocycles. The van der Waals surface area contributed by atoms with E-state index in [9.17, 15) is 0 Å². The van der Waals surface area contributed by atoms with E-state index in [0.29, 0.717) is 13.2 Å². The molecule has 0 atom stereocenters. The summed E-state index contributed by atoms with van der Waals surface area (Å²) in [7, 11) is 2.04. The molecule has 0 saturated heterocycles. The van der Waals surface area contributed by atoms with Gasteiger partial charge in [-0.25, -0.2) is 4.99 Å². The molecule has 5 nitrogen and oxygen atoms in total. The van der Waals surface area contributed by atoms with Gasteiger partial charge in [0.05, 0.1) is 18.8 Å². The predicted octanol–water partition coefficient (Wildman–Crippen LogP) is 4.00. The molecule has 0 spiro atoms. The Labute approximate surface area is 173 Å². The van der Waals surface area contributed by atoms with Gasteiger partial charge in [-0.15, -0.1) is 24.0 Å². The molecule has 1 N–H and O–H groups in total. The second-order valence-electron chi connectivity index (χ2n) is 5.87. The molecule has 0 aliphatic rings. The molecule has 6 heteroatoms. The van der Waals surface area contributed by atoms with Crippen molar-refractivity contribution in [2.75, 3.05) is 20.2 Å². The number of hydrogen-bond donors (Lipinski definition) is 1. The van der Waals surface area contributed by atoms with Crippen molar-refractivity contribution < 1.29 is 4.74 Å². The highest BCUT2D eigenvalue weighted by atomic mass is 127. The van der Waals surface area contributed by atoms with Gasteiger partial charge in [0.1, 0.15) is 5.75 Å². The number of aryl methyl sites for hydroxylation is 1. The molecule has 142 valence electrons. The molecular weight excluding hydrogens is 439 g/mol. The van der Waals surface area contributed by atoms with Crippen molar-refractivity contribution in [2.45, 2.75) is 33.9 Å².